The van der Waals surface area contributed by atoms with E-state index in [1.807, 2.05) is 93.6 Å². The predicted octanol–water partition coefficient (Wildman–Crippen LogP) is 4.91. The SMILES string of the molecule is CC1CC(C[C@@H](O)[C@H](Cc2ccccc2)NC(=O)[C@@H](CSc2ccc3ccccc3c2)NS(C)(=O)=O)C(C(=O)NC(C)(C)C)C1. The minimum absolute atomic E-state index is 0.00386. The highest BCUT2D eigenvalue weighted by molar-refractivity contribution is 7.99. The Bertz CT molecular complexity index is 1560. The highest BCUT2D eigenvalue weighted by Crippen LogP contribution is 2.40. The summed E-state index contributed by atoms with van der Waals surface area (Å²) in [5.41, 5.74) is 0.574. The second kappa shape index (κ2) is 15.1. The number of amides is 2. The molecule has 10 heteroatoms. The monoisotopic (exact) mass is 653 g/mol. The lowest BCUT2D eigenvalue weighted by Crippen LogP contribution is -2.54. The van der Waals surface area contributed by atoms with Gasteiger partial charge in [-0.25, -0.2) is 13.1 Å². The van der Waals surface area contributed by atoms with Gasteiger partial charge in [-0.3, -0.25) is 9.59 Å². The number of aliphatic hydroxyl groups is 1. The van der Waals surface area contributed by atoms with E-state index >= 15 is 0 Å². The number of rotatable bonds is 13. The van der Waals surface area contributed by atoms with Gasteiger partial charge in [-0.1, -0.05) is 67.6 Å². The number of sulfonamides is 1. The summed E-state index contributed by atoms with van der Waals surface area (Å²) in [6.45, 7) is 8.00. The number of hydrogen-bond acceptors (Lipinski definition) is 6. The molecule has 1 saturated carbocycles. The van der Waals surface area contributed by atoms with Gasteiger partial charge in [0.05, 0.1) is 18.4 Å². The van der Waals surface area contributed by atoms with Crippen molar-refractivity contribution < 1.29 is 23.1 Å². The van der Waals surface area contributed by atoms with Gasteiger partial charge in [0.1, 0.15) is 6.04 Å². The van der Waals surface area contributed by atoms with Crippen molar-refractivity contribution in [2.24, 2.45) is 17.8 Å². The molecule has 1 aliphatic rings. The van der Waals surface area contributed by atoms with Crippen LogP contribution in [0.1, 0.15) is 52.5 Å². The summed E-state index contributed by atoms with van der Waals surface area (Å²) >= 11 is 1.39. The zero-order chi connectivity index (χ0) is 32.8. The van der Waals surface area contributed by atoms with E-state index in [1.54, 1.807) is 0 Å². The summed E-state index contributed by atoms with van der Waals surface area (Å²) in [5.74, 6) is -0.261. The maximum absolute atomic E-state index is 13.8. The quantitative estimate of drug-likeness (QED) is 0.195. The zero-order valence-corrected chi connectivity index (χ0v) is 28.5. The maximum Gasteiger partial charge on any atom is 0.239 e. The Kier molecular flexibility index (Phi) is 11.7. The summed E-state index contributed by atoms with van der Waals surface area (Å²) in [4.78, 5) is 27.9. The van der Waals surface area contributed by atoms with E-state index < -0.39 is 34.1 Å². The van der Waals surface area contributed by atoms with Crippen LogP contribution in [-0.2, 0) is 26.0 Å². The topological polar surface area (TPSA) is 125 Å². The molecule has 0 spiro atoms. The smallest absolute Gasteiger partial charge is 0.239 e. The van der Waals surface area contributed by atoms with Gasteiger partial charge in [0.2, 0.25) is 21.8 Å². The number of carbonyl (C=O) groups excluding carboxylic acids is 2. The summed E-state index contributed by atoms with van der Waals surface area (Å²) in [6, 6.07) is 21.8. The molecule has 4 rings (SSSR count). The third kappa shape index (κ3) is 10.8. The van der Waals surface area contributed by atoms with E-state index in [9.17, 15) is 23.1 Å². The number of nitrogens with one attached hydrogen (secondary N) is 3. The van der Waals surface area contributed by atoms with Crippen LogP contribution < -0.4 is 15.4 Å². The molecule has 4 N–H and O–H groups in total. The molecule has 0 aliphatic heterocycles. The molecule has 0 heterocycles. The van der Waals surface area contributed by atoms with E-state index in [0.717, 1.165) is 40.3 Å². The van der Waals surface area contributed by atoms with E-state index in [4.69, 9.17) is 0 Å². The van der Waals surface area contributed by atoms with Gasteiger partial charge in [-0.05, 0) is 86.8 Å². The van der Waals surface area contributed by atoms with Crippen molar-refractivity contribution in [3.8, 4) is 0 Å². The molecule has 8 nitrogen and oxygen atoms in total. The normalized spacial score (nSPS) is 20.8. The third-order valence-electron chi connectivity index (χ3n) is 8.21. The van der Waals surface area contributed by atoms with Crippen LogP contribution in [0.4, 0.5) is 0 Å². The van der Waals surface area contributed by atoms with Crippen LogP contribution in [0.5, 0.6) is 0 Å². The van der Waals surface area contributed by atoms with Crippen LogP contribution in [0, 0.1) is 17.8 Å². The molecule has 0 saturated heterocycles. The number of fused-ring (bicyclic) bond motifs is 1. The van der Waals surface area contributed by atoms with Crippen LogP contribution in [0.15, 0.2) is 77.7 Å². The van der Waals surface area contributed by atoms with Crippen molar-refractivity contribution in [1.82, 2.24) is 15.4 Å². The average Bonchev–Trinajstić information content (AvgIpc) is 3.33. The molecule has 0 bridgehead atoms. The Hall–Kier alpha value is -2.92. The van der Waals surface area contributed by atoms with Crippen LogP contribution in [0.2, 0.25) is 0 Å². The molecular formula is C35H47N3O5S2. The number of aliphatic hydroxyl groups excluding tert-OH is 1. The Balaban J connectivity index is 1.51. The molecule has 3 unspecified atom stereocenters. The van der Waals surface area contributed by atoms with E-state index in [-0.39, 0.29) is 29.0 Å². The molecule has 1 fully saturated rings. The molecule has 45 heavy (non-hydrogen) atoms. The Morgan fingerprint density at radius 2 is 1.64 bits per heavy atom. The second-order valence-corrected chi connectivity index (χ2v) is 16.4. The highest BCUT2D eigenvalue weighted by Gasteiger charge is 2.40. The molecule has 3 aromatic rings. The Labute approximate surface area is 272 Å². The number of carbonyl (C=O) groups is 2. The van der Waals surface area contributed by atoms with E-state index in [1.165, 1.54) is 11.8 Å². The highest BCUT2D eigenvalue weighted by atomic mass is 32.2. The van der Waals surface area contributed by atoms with Crippen molar-refractivity contribution in [1.29, 1.82) is 0 Å². The Morgan fingerprint density at radius 3 is 2.31 bits per heavy atom. The fourth-order valence-corrected chi connectivity index (χ4v) is 8.00. The van der Waals surface area contributed by atoms with Gasteiger partial charge in [-0.15, -0.1) is 11.8 Å². The van der Waals surface area contributed by atoms with Gasteiger partial charge in [0.25, 0.3) is 0 Å². The number of hydrogen-bond donors (Lipinski definition) is 4. The zero-order valence-electron chi connectivity index (χ0n) is 26.8. The first-order chi connectivity index (χ1) is 21.2. The standard InChI is InChI=1S/C35H47N3O5S2/c1-23-17-27(29(18-23)33(40)37-35(2,3)4)21-32(39)30(19-24-11-7-6-8-12-24)36-34(41)31(38-45(5,42)43)22-44-28-16-15-25-13-9-10-14-26(25)20-28/h6-16,20,23,27,29-32,38-39H,17-19,21-22H2,1-5H3,(H,36,41)(H,37,40)/t23?,27?,29?,30-,31+,32+/m0/s1. The van der Waals surface area contributed by atoms with Gasteiger partial charge >= 0.3 is 0 Å². The minimum Gasteiger partial charge on any atom is -0.391 e. The average molecular weight is 654 g/mol. The van der Waals surface area contributed by atoms with Crippen molar-refractivity contribution in [2.75, 3.05) is 12.0 Å². The number of thioether (sulfide) groups is 1. The molecule has 244 valence electrons. The predicted molar refractivity (Wildman–Crippen MR) is 182 cm³/mol. The van der Waals surface area contributed by atoms with Crippen LogP contribution in [0.25, 0.3) is 10.8 Å². The van der Waals surface area contributed by atoms with Gasteiger partial charge in [0.15, 0.2) is 0 Å². The van der Waals surface area contributed by atoms with Gasteiger partial charge < -0.3 is 15.7 Å². The summed E-state index contributed by atoms with van der Waals surface area (Å²) < 4.78 is 27.1. The van der Waals surface area contributed by atoms with Crippen LogP contribution >= 0.6 is 11.8 Å². The summed E-state index contributed by atoms with van der Waals surface area (Å²) in [7, 11) is -3.71. The largest absolute Gasteiger partial charge is 0.391 e. The molecule has 0 aromatic heterocycles. The van der Waals surface area contributed by atoms with Crippen molar-refractivity contribution in [3.63, 3.8) is 0 Å². The molecule has 2 amide bonds. The molecular weight excluding hydrogens is 607 g/mol. The molecule has 6 atom stereocenters. The lowest BCUT2D eigenvalue weighted by Gasteiger charge is -2.31. The summed E-state index contributed by atoms with van der Waals surface area (Å²) in [6.07, 6.45) is 2.36. The van der Waals surface area contributed by atoms with E-state index in [2.05, 4.69) is 22.3 Å². The maximum atomic E-state index is 13.8. The van der Waals surface area contributed by atoms with Crippen LogP contribution in [0.3, 0.4) is 0 Å². The molecule has 3 aromatic carbocycles. The third-order valence-corrected chi connectivity index (χ3v) is 10.0. The van der Waals surface area contributed by atoms with Gasteiger partial charge in [0, 0.05) is 22.1 Å². The first kappa shape index (κ1) is 34.9. The molecule has 1 aliphatic carbocycles. The van der Waals surface area contributed by atoms with E-state index in [0.29, 0.717) is 18.8 Å². The minimum atomic E-state index is -3.71. The summed E-state index contributed by atoms with van der Waals surface area (Å²) in [5, 5.41) is 19.9. The lowest BCUT2D eigenvalue weighted by atomic mass is 9.86. The lowest BCUT2D eigenvalue weighted by molar-refractivity contribution is -0.128. The first-order valence-electron chi connectivity index (χ1n) is 15.6. The second-order valence-electron chi connectivity index (χ2n) is 13.6. The van der Waals surface area contributed by atoms with Gasteiger partial charge in [-0.2, -0.15) is 0 Å². The van der Waals surface area contributed by atoms with Crippen molar-refractivity contribution >= 4 is 44.4 Å². The van der Waals surface area contributed by atoms with Crippen molar-refractivity contribution in [3.05, 3.63) is 78.4 Å². The first-order valence-corrected chi connectivity index (χ1v) is 18.5. The fraction of sp³-hybridized carbons (Fsp3) is 0.486. The fourth-order valence-electron chi connectivity index (χ4n) is 6.21. The molecule has 0 radical (unpaired) electrons. The van der Waals surface area contributed by atoms with Crippen molar-refractivity contribution in [2.45, 2.75) is 82.0 Å². The Morgan fingerprint density at radius 1 is 0.978 bits per heavy atom. The number of benzene rings is 3. The van der Waals surface area contributed by atoms with Crippen LogP contribution in [-0.4, -0.2) is 61.1 Å².